The highest BCUT2D eigenvalue weighted by Crippen LogP contribution is 2.37. The van der Waals surface area contributed by atoms with E-state index in [1.165, 1.54) is 47.8 Å². The van der Waals surface area contributed by atoms with Gasteiger partial charge in [-0.05, 0) is 39.2 Å². The first-order valence-electron chi connectivity index (χ1n) is 7.63. The van der Waals surface area contributed by atoms with Crippen molar-refractivity contribution in [3.63, 3.8) is 0 Å². The van der Waals surface area contributed by atoms with Gasteiger partial charge in [0, 0.05) is 18.0 Å². The molecule has 0 amide bonds. The first-order chi connectivity index (χ1) is 9.17. The molecule has 2 atom stereocenters. The zero-order chi connectivity index (χ0) is 13.8. The van der Waals surface area contributed by atoms with Crippen LogP contribution in [0, 0.1) is 0 Å². The molecular formula is C15H27N3S. The molecule has 1 aliphatic carbocycles. The molecule has 0 spiro atoms. The van der Waals surface area contributed by atoms with E-state index in [4.69, 9.17) is 4.98 Å². The van der Waals surface area contributed by atoms with Gasteiger partial charge in [0.2, 0.25) is 0 Å². The third-order valence-corrected chi connectivity index (χ3v) is 5.28. The zero-order valence-corrected chi connectivity index (χ0v) is 13.5. The Morgan fingerprint density at radius 3 is 2.95 bits per heavy atom. The Hall–Kier alpha value is -0.610. The second kappa shape index (κ2) is 6.71. The third kappa shape index (κ3) is 3.29. The summed E-state index contributed by atoms with van der Waals surface area (Å²) < 4.78 is 0. The van der Waals surface area contributed by atoms with Crippen LogP contribution in [0.3, 0.4) is 0 Å². The molecule has 1 heterocycles. The smallest absolute Gasteiger partial charge is 0.185 e. The molecule has 3 nitrogen and oxygen atoms in total. The van der Waals surface area contributed by atoms with Gasteiger partial charge in [-0.3, -0.25) is 0 Å². The number of aryl methyl sites for hydroxylation is 1. The highest BCUT2D eigenvalue weighted by atomic mass is 32.1. The predicted molar refractivity (Wildman–Crippen MR) is 84.2 cm³/mol. The van der Waals surface area contributed by atoms with Crippen LogP contribution in [0.25, 0.3) is 0 Å². The molecule has 0 bridgehead atoms. The Labute approximate surface area is 121 Å². The van der Waals surface area contributed by atoms with Crippen LogP contribution in [0.1, 0.15) is 63.1 Å². The number of fused-ring (bicyclic) bond motifs is 1. The normalized spacial score (nSPS) is 20.1. The molecule has 1 N–H and O–H groups in total. The summed E-state index contributed by atoms with van der Waals surface area (Å²) in [5, 5.41) is 4.78. The van der Waals surface area contributed by atoms with Gasteiger partial charge in [-0.1, -0.05) is 20.3 Å². The third-order valence-electron chi connectivity index (χ3n) is 4.06. The lowest BCUT2D eigenvalue weighted by Crippen LogP contribution is -2.28. The van der Waals surface area contributed by atoms with E-state index < -0.39 is 0 Å². The van der Waals surface area contributed by atoms with Gasteiger partial charge in [-0.2, -0.15) is 0 Å². The van der Waals surface area contributed by atoms with Crippen LogP contribution >= 0.6 is 11.3 Å². The number of rotatable bonds is 6. The number of hydrogen-bond donors (Lipinski definition) is 1. The van der Waals surface area contributed by atoms with E-state index >= 15 is 0 Å². The van der Waals surface area contributed by atoms with Crippen molar-refractivity contribution in [1.82, 2.24) is 10.3 Å². The Morgan fingerprint density at radius 2 is 2.26 bits per heavy atom. The second-order valence-electron chi connectivity index (χ2n) is 5.56. The van der Waals surface area contributed by atoms with E-state index in [-0.39, 0.29) is 0 Å². The lowest BCUT2D eigenvalue weighted by Gasteiger charge is -2.24. The standard InChI is InChI=1S/C15H27N3S/c1-5-8-11(3)18(4)15-17-14-12(16-6-2)9-7-10-13(14)19-15/h11-12,16H,5-10H2,1-4H3. The quantitative estimate of drug-likeness (QED) is 0.860. The van der Waals surface area contributed by atoms with Crippen molar-refractivity contribution in [2.24, 2.45) is 0 Å². The molecule has 1 aliphatic rings. The van der Waals surface area contributed by atoms with Gasteiger partial charge in [0.15, 0.2) is 5.13 Å². The fourth-order valence-electron chi connectivity index (χ4n) is 2.80. The first-order valence-corrected chi connectivity index (χ1v) is 8.44. The fraction of sp³-hybridized carbons (Fsp3) is 0.800. The van der Waals surface area contributed by atoms with Crippen LogP contribution in [0.4, 0.5) is 5.13 Å². The average molecular weight is 281 g/mol. The van der Waals surface area contributed by atoms with Gasteiger partial charge < -0.3 is 10.2 Å². The van der Waals surface area contributed by atoms with Crippen molar-refractivity contribution in [2.45, 2.75) is 65.0 Å². The van der Waals surface area contributed by atoms with Crippen molar-refractivity contribution >= 4 is 16.5 Å². The number of hydrogen-bond acceptors (Lipinski definition) is 4. The van der Waals surface area contributed by atoms with E-state index in [1.807, 2.05) is 11.3 Å². The molecule has 19 heavy (non-hydrogen) atoms. The molecule has 0 radical (unpaired) electrons. The number of anilines is 1. The highest BCUT2D eigenvalue weighted by Gasteiger charge is 2.25. The molecule has 1 aromatic rings. The molecule has 1 aromatic heterocycles. The van der Waals surface area contributed by atoms with Crippen LogP contribution < -0.4 is 10.2 Å². The van der Waals surface area contributed by atoms with Crippen molar-refractivity contribution < 1.29 is 0 Å². The minimum Gasteiger partial charge on any atom is -0.348 e. The number of thiazole rings is 1. The van der Waals surface area contributed by atoms with Crippen LogP contribution in [0.15, 0.2) is 0 Å². The summed E-state index contributed by atoms with van der Waals surface area (Å²) in [6.45, 7) is 7.75. The summed E-state index contributed by atoms with van der Waals surface area (Å²) in [4.78, 5) is 8.80. The predicted octanol–water partition coefficient (Wildman–Crippen LogP) is 3.75. The summed E-state index contributed by atoms with van der Waals surface area (Å²) in [7, 11) is 2.19. The lowest BCUT2D eigenvalue weighted by molar-refractivity contribution is 0.465. The molecule has 108 valence electrons. The molecule has 0 saturated carbocycles. The Kier molecular flexibility index (Phi) is 5.22. The van der Waals surface area contributed by atoms with E-state index in [0.29, 0.717) is 12.1 Å². The van der Waals surface area contributed by atoms with Crippen LogP contribution in [0.5, 0.6) is 0 Å². The molecule has 0 aromatic carbocycles. The summed E-state index contributed by atoms with van der Waals surface area (Å²) in [5.74, 6) is 0. The molecular weight excluding hydrogens is 254 g/mol. The van der Waals surface area contributed by atoms with Crippen LogP contribution in [-0.2, 0) is 6.42 Å². The Morgan fingerprint density at radius 1 is 1.47 bits per heavy atom. The minimum atomic E-state index is 0.480. The van der Waals surface area contributed by atoms with Gasteiger partial charge in [0.1, 0.15) is 0 Å². The summed E-state index contributed by atoms with van der Waals surface area (Å²) >= 11 is 1.90. The summed E-state index contributed by atoms with van der Waals surface area (Å²) in [6, 6.07) is 1.06. The molecule has 4 heteroatoms. The maximum Gasteiger partial charge on any atom is 0.185 e. The molecule has 0 fully saturated rings. The molecule has 2 unspecified atom stereocenters. The number of nitrogens with zero attached hydrogens (tertiary/aromatic N) is 2. The largest absolute Gasteiger partial charge is 0.348 e. The van der Waals surface area contributed by atoms with Gasteiger partial charge >= 0.3 is 0 Å². The SMILES string of the molecule is CCCC(C)N(C)c1nc2c(s1)CCCC2NCC. The van der Waals surface area contributed by atoms with E-state index in [9.17, 15) is 0 Å². The van der Waals surface area contributed by atoms with Gasteiger partial charge in [0.25, 0.3) is 0 Å². The minimum absolute atomic E-state index is 0.480. The molecule has 0 aliphatic heterocycles. The van der Waals surface area contributed by atoms with Crippen molar-refractivity contribution in [3.05, 3.63) is 10.6 Å². The maximum atomic E-state index is 4.94. The van der Waals surface area contributed by atoms with Crippen molar-refractivity contribution in [1.29, 1.82) is 0 Å². The van der Waals surface area contributed by atoms with E-state index in [2.05, 4.69) is 38.0 Å². The number of nitrogens with one attached hydrogen (secondary N) is 1. The Balaban J connectivity index is 2.16. The highest BCUT2D eigenvalue weighted by molar-refractivity contribution is 7.15. The van der Waals surface area contributed by atoms with Gasteiger partial charge in [-0.15, -0.1) is 11.3 Å². The van der Waals surface area contributed by atoms with E-state index in [0.717, 1.165) is 6.54 Å². The topological polar surface area (TPSA) is 28.2 Å². The van der Waals surface area contributed by atoms with Crippen LogP contribution in [0.2, 0.25) is 0 Å². The fourth-order valence-corrected chi connectivity index (χ4v) is 4.03. The summed E-state index contributed by atoms with van der Waals surface area (Å²) in [6.07, 6.45) is 6.21. The van der Waals surface area contributed by atoms with Gasteiger partial charge in [-0.25, -0.2) is 4.98 Å². The Bertz CT molecular complexity index is 402. The van der Waals surface area contributed by atoms with Crippen molar-refractivity contribution in [3.8, 4) is 0 Å². The van der Waals surface area contributed by atoms with Crippen LogP contribution in [-0.4, -0.2) is 24.6 Å². The molecule has 2 rings (SSSR count). The zero-order valence-electron chi connectivity index (χ0n) is 12.7. The molecule has 0 saturated heterocycles. The van der Waals surface area contributed by atoms with E-state index in [1.54, 1.807) is 0 Å². The average Bonchev–Trinajstić information content (AvgIpc) is 2.83. The second-order valence-corrected chi connectivity index (χ2v) is 6.62. The number of aromatic nitrogens is 1. The summed E-state index contributed by atoms with van der Waals surface area (Å²) in [5.41, 5.74) is 1.32. The maximum absolute atomic E-state index is 4.94. The lowest BCUT2D eigenvalue weighted by atomic mass is 9.98. The first kappa shape index (κ1) is 14.8. The van der Waals surface area contributed by atoms with Gasteiger partial charge in [0.05, 0.1) is 11.7 Å². The van der Waals surface area contributed by atoms with Crippen molar-refractivity contribution in [2.75, 3.05) is 18.5 Å². The monoisotopic (exact) mass is 281 g/mol.